The number of hydrogen-bond acceptors (Lipinski definition) is 4. The van der Waals surface area contributed by atoms with Crippen molar-refractivity contribution in [2.75, 3.05) is 19.6 Å². The average molecular weight is 466 g/mol. The van der Waals surface area contributed by atoms with Crippen molar-refractivity contribution in [1.82, 2.24) is 15.5 Å². The number of aliphatic hydroxyl groups excluding tert-OH is 1. The van der Waals surface area contributed by atoms with Gasteiger partial charge in [0.1, 0.15) is 11.6 Å². The first-order valence-corrected chi connectivity index (χ1v) is 12.3. The van der Waals surface area contributed by atoms with Crippen molar-refractivity contribution in [2.24, 2.45) is 11.8 Å². The summed E-state index contributed by atoms with van der Waals surface area (Å²) >= 11 is 0. The highest BCUT2D eigenvalue weighted by atomic mass is 19.1. The van der Waals surface area contributed by atoms with Crippen molar-refractivity contribution in [3.05, 3.63) is 35.4 Å². The van der Waals surface area contributed by atoms with Crippen LogP contribution in [0.3, 0.4) is 0 Å². The monoisotopic (exact) mass is 465 g/mol. The number of amides is 2. The fourth-order valence-corrected chi connectivity index (χ4v) is 5.12. The predicted molar refractivity (Wildman–Crippen MR) is 122 cm³/mol. The summed E-state index contributed by atoms with van der Waals surface area (Å²) in [6.07, 6.45) is 4.32. The largest absolute Gasteiger partial charge is 0.389 e. The lowest BCUT2D eigenvalue weighted by molar-refractivity contribution is -0.134. The van der Waals surface area contributed by atoms with E-state index in [-0.39, 0.29) is 30.2 Å². The molecule has 8 heteroatoms. The second-order valence-electron chi connectivity index (χ2n) is 9.40. The van der Waals surface area contributed by atoms with Crippen molar-refractivity contribution >= 4 is 11.8 Å². The van der Waals surface area contributed by atoms with Crippen LogP contribution in [0.4, 0.5) is 8.78 Å². The quantitative estimate of drug-likeness (QED) is 0.496. The summed E-state index contributed by atoms with van der Waals surface area (Å²) in [6.45, 7) is 5.74. The van der Waals surface area contributed by atoms with Gasteiger partial charge in [0, 0.05) is 25.2 Å². The summed E-state index contributed by atoms with van der Waals surface area (Å²) in [5.74, 6) is -2.56. The first-order chi connectivity index (χ1) is 15.8. The van der Waals surface area contributed by atoms with Crippen molar-refractivity contribution in [2.45, 2.75) is 77.0 Å². The molecular weight excluding hydrogens is 428 g/mol. The van der Waals surface area contributed by atoms with Gasteiger partial charge in [0.2, 0.25) is 11.8 Å². The zero-order valence-corrected chi connectivity index (χ0v) is 19.7. The molecule has 0 saturated carbocycles. The van der Waals surface area contributed by atoms with Crippen LogP contribution in [0, 0.1) is 23.5 Å². The van der Waals surface area contributed by atoms with Crippen molar-refractivity contribution in [3.63, 3.8) is 0 Å². The number of unbranched alkanes of at least 4 members (excludes halogenated alkanes) is 1. The van der Waals surface area contributed by atoms with Gasteiger partial charge in [0.15, 0.2) is 0 Å². The third-order valence-corrected chi connectivity index (χ3v) is 6.97. The molecule has 2 aliphatic rings. The highest BCUT2D eigenvalue weighted by molar-refractivity contribution is 5.91. The summed E-state index contributed by atoms with van der Waals surface area (Å²) in [6, 6.07) is 2.31. The molecule has 2 amide bonds. The van der Waals surface area contributed by atoms with E-state index in [1.165, 1.54) is 12.1 Å². The van der Waals surface area contributed by atoms with E-state index < -0.39 is 29.7 Å². The lowest BCUT2D eigenvalue weighted by Crippen LogP contribution is -2.56. The van der Waals surface area contributed by atoms with Gasteiger partial charge in [0.25, 0.3) is 0 Å². The Morgan fingerprint density at radius 1 is 1.24 bits per heavy atom. The number of benzene rings is 1. The summed E-state index contributed by atoms with van der Waals surface area (Å²) in [4.78, 5) is 27.9. The zero-order valence-electron chi connectivity index (χ0n) is 19.7. The van der Waals surface area contributed by atoms with Crippen molar-refractivity contribution < 1.29 is 23.5 Å². The van der Waals surface area contributed by atoms with Crippen molar-refractivity contribution in [3.8, 4) is 0 Å². The molecule has 2 saturated heterocycles. The van der Waals surface area contributed by atoms with Gasteiger partial charge in [-0.2, -0.15) is 0 Å². The number of carbonyl (C=O) groups is 2. The number of rotatable bonds is 10. The molecule has 1 unspecified atom stereocenters. The molecular formula is C25H37F2N3O3. The van der Waals surface area contributed by atoms with Crippen LogP contribution in [-0.4, -0.2) is 59.6 Å². The first kappa shape index (κ1) is 25.6. The molecule has 1 aromatic rings. The summed E-state index contributed by atoms with van der Waals surface area (Å²) in [5.41, 5.74) is 0.367. The molecule has 184 valence electrons. The Bertz CT molecular complexity index is 796. The smallest absolute Gasteiger partial charge is 0.226 e. The molecule has 2 fully saturated rings. The van der Waals surface area contributed by atoms with Gasteiger partial charge in [-0.25, -0.2) is 8.78 Å². The second kappa shape index (κ2) is 11.9. The normalized spacial score (nSPS) is 25.2. The Morgan fingerprint density at radius 3 is 2.58 bits per heavy atom. The Labute approximate surface area is 195 Å². The van der Waals surface area contributed by atoms with Gasteiger partial charge in [0.05, 0.1) is 24.0 Å². The molecule has 2 aliphatic heterocycles. The number of hydrogen-bond donors (Lipinski definition) is 3. The Kier molecular flexibility index (Phi) is 9.20. The van der Waals surface area contributed by atoms with E-state index in [0.29, 0.717) is 25.1 Å². The van der Waals surface area contributed by atoms with Crippen LogP contribution in [0.1, 0.15) is 57.9 Å². The average Bonchev–Trinajstić information content (AvgIpc) is 3.12. The third-order valence-electron chi connectivity index (χ3n) is 6.97. The van der Waals surface area contributed by atoms with E-state index in [1.54, 1.807) is 4.90 Å². The highest BCUT2D eigenvalue weighted by Crippen LogP contribution is 2.29. The fraction of sp³-hybridized carbons (Fsp3) is 0.680. The van der Waals surface area contributed by atoms with Crippen LogP contribution < -0.4 is 10.6 Å². The van der Waals surface area contributed by atoms with Gasteiger partial charge in [-0.05, 0) is 56.3 Å². The number of carbonyl (C=O) groups excluding carboxylic acids is 2. The molecule has 2 heterocycles. The molecule has 3 rings (SSSR count). The minimum atomic E-state index is -0.922. The van der Waals surface area contributed by atoms with Gasteiger partial charge < -0.3 is 20.6 Å². The van der Waals surface area contributed by atoms with E-state index in [2.05, 4.69) is 17.6 Å². The summed E-state index contributed by atoms with van der Waals surface area (Å²) < 4.78 is 27.6. The second-order valence-corrected chi connectivity index (χ2v) is 9.40. The lowest BCUT2D eigenvalue weighted by atomic mass is 9.89. The predicted octanol–water partition coefficient (Wildman–Crippen LogP) is 2.78. The van der Waals surface area contributed by atoms with Crippen LogP contribution >= 0.6 is 0 Å². The van der Waals surface area contributed by atoms with Crippen LogP contribution in [0.2, 0.25) is 0 Å². The van der Waals surface area contributed by atoms with Gasteiger partial charge in [-0.1, -0.05) is 26.7 Å². The fourth-order valence-electron chi connectivity index (χ4n) is 5.12. The zero-order chi connectivity index (χ0) is 24.0. The molecule has 1 aromatic carbocycles. The number of halogens is 2. The molecule has 0 aliphatic carbocycles. The Hall–Kier alpha value is -2.06. The highest BCUT2D eigenvalue weighted by Gasteiger charge is 2.43. The maximum absolute atomic E-state index is 13.8. The van der Waals surface area contributed by atoms with Gasteiger partial charge >= 0.3 is 0 Å². The van der Waals surface area contributed by atoms with Crippen LogP contribution in [0.25, 0.3) is 0 Å². The van der Waals surface area contributed by atoms with Gasteiger partial charge in [-0.15, -0.1) is 0 Å². The molecule has 0 aromatic heterocycles. The maximum Gasteiger partial charge on any atom is 0.226 e. The first-order valence-electron chi connectivity index (χ1n) is 12.3. The molecule has 0 spiro atoms. The van der Waals surface area contributed by atoms with Crippen molar-refractivity contribution in [1.29, 1.82) is 0 Å². The van der Waals surface area contributed by atoms with Gasteiger partial charge in [-0.3, -0.25) is 9.59 Å². The van der Waals surface area contributed by atoms with Crippen LogP contribution in [-0.2, 0) is 16.0 Å². The molecule has 3 N–H and O–H groups in total. The number of likely N-dealkylation sites (tertiary alicyclic amines) is 1. The number of nitrogens with zero attached hydrogens (tertiary/aromatic N) is 1. The standard InChI is InChI=1S/C25H37F2N3O3/c1-3-5-10-30-15-20(19(4-2)25(30)33)24(32)29-22(23(31)21-8-6-7-9-28-21)13-16-11-17(26)14-18(27)12-16/h11-12,14,19-23,28,31H,3-10,13,15H2,1-2H3,(H,29,32)/t19-,20?,21+,22-,23+/m0/s1. The minimum Gasteiger partial charge on any atom is -0.389 e. The number of nitrogens with one attached hydrogen (secondary N) is 2. The topological polar surface area (TPSA) is 81.7 Å². The van der Waals surface area contributed by atoms with Crippen LogP contribution in [0.15, 0.2) is 18.2 Å². The number of piperidine rings is 1. The molecule has 33 heavy (non-hydrogen) atoms. The van der Waals surface area contributed by atoms with E-state index in [1.807, 2.05) is 6.92 Å². The van der Waals surface area contributed by atoms with E-state index in [9.17, 15) is 23.5 Å². The summed E-state index contributed by atoms with van der Waals surface area (Å²) in [5, 5.41) is 17.4. The minimum absolute atomic E-state index is 0.00403. The summed E-state index contributed by atoms with van der Waals surface area (Å²) in [7, 11) is 0. The third kappa shape index (κ3) is 6.51. The van der Waals surface area contributed by atoms with E-state index in [0.717, 1.165) is 44.7 Å². The molecule has 0 bridgehead atoms. The maximum atomic E-state index is 13.8. The molecule has 5 atom stereocenters. The lowest BCUT2D eigenvalue weighted by Gasteiger charge is -2.34. The molecule has 0 radical (unpaired) electrons. The number of aliphatic hydroxyl groups is 1. The molecule has 6 nitrogen and oxygen atoms in total. The van der Waals surface area contributed by atoms with E-state index in [4.69, 9.17) is 0 Å². The Morgan fingerprint density at radius 2 is 1.97 bits per heavy atom. The SMILES string of the molecule is CCCCN1CC(C(=O)N[C@@H](Cc2cc(F)cc(F)c2)[C@H](O)[C@H]2CCCCN2)[C@H](CC)C1=O. The Balaban J connectivity index is 1.77. The van der Waals surface area contributed by atoms with Crippen LogP contribution in [0.5, 0.6) is 0 Å². The van der Waals surface area contributed by atoms with E-state index >= 15 is 0 Å².